The Morgan fingerprint density at radius 1 is 1.08 bits per heavy atom. The molecule has 1 saturated carbocycles. The lowest BCUT2D eigenvalue weighted by Gasteiger charge is -2.36. The van der Waals surface area contributed by atoms with Crippen LogP contribution in [0.4, 0.5) is 26.3 Å². The van der Waals surface area contributed by atoms with Crippen molar-refractivity contribution in [1.29, 1.82) is 0 Å². The molecule has 1 aliphatic heterocycles. The van der Waals surface area contributed by atoms with Gasteiger partial charge in [0.1, 0.15) is 17.6 Å². The lowest BCUT2D eigenvalue weighted by atomic mass is 9.83. The summed E-state index contributed by atoms with van der Waals surface area (Å²) in [6, 6.07) is 1.63. The van der Waals surface area contributed by atoms with Crippen LogP contribution in [0.5, 0.6) is 0 Å². The Morgan fingerprint density at radius 2 is 1.72 bits per heavy atom. The van der Waals surface area contributed by atoms with E-state index in [2.05, 4.69) is 25.4 Å². The highest BCUT2D eigenvalue weighted by atomic mass is 19.4. The van der Waals surface area contributed by atoms with Crippen LogP contribution in [0.1, 0.15) is 54.6 Å². The first-order valence-corrected chi connectivity index (χ1v) is 11.6. The van der Waals surface area contributed by atoms with Crippen LogP contribution in [0, 0.1) is 0 Å². The normalized spacial score (nSPS) is 23.8. The Morgan fingerprint density at radius 3 is 2.28 bits per heavy atom. The molecule has 2 aromatic rings. The zero-order valence-electron chi connectivity index (χ0n) is 19.5. The van der Waals surface area contributed by atoms with Crippen molar-refractivity contribution >= 4 is 5.91 Å². The summed E-state index contributed by atoms with van der Waals surface area (Å²) >= 11 is 0. The van der Waals surface area contributed by atoms with Gasteiger partial charge < -0.3 is 19.9 Å². The van der Waals surface area contributed by atoms with Gasteiger partial charge in [-0.3, -0.25) is 4.79 Å². The van der Waals surface area contributed by atoms with Crippen LogP contribution in [0.25, 0.3) is 0 Å². The second-order valence-electron chi connectivity index (χ2n) is 9.42. The van der Waals surface area contributed by atoms with Gasteiger partial charge in [0, 0.05) is 31.8 Å². The van der Waals surface area contributed by atoms with Gasteiger partial charge in [0.25, 0.3) is 0 Å². The molecule has 1 aromatic heterocycles. The number of alkyl halides is 6. The molecule has 0 unspecified atom stereocenters. The Kier molecular flexibility index (Phi) is 7.33. The summed E-state index contributed by atoms with van der Waals surface area (Å²) in [4.78, 5) is 18.6. The Labute approximate surface area is 203 Å². The molecule has 0 radical (unpaired) electrons. The zero-order chi connectivity index (χ0) is 26.1. The van der Waals surface area contributed by atoms with Gasteiger partial charge >= 0.3 is 12.4 Å². The number of amides is 1. The largest absolute Gasteiger partial charge is 0.416 e. The molecule has 4 rings (SSSR count). The first-order valence-electron chi connectivity index (χ1n) is 11.6. The zero-order valence-corrected chi connectivity index (χ0v) is 19.5. The lowest BCUT2D eigenvalue weighted by Crippen LogP contribution is -2.46. The molecule has 1 saturated heterocycles. The van der Waals surface area contributed by atoms with Crippen LogP contribution >= 0.6 is 0 Å². The maximum Gasteiger partial charge on any atom is 0.416 e. The highest BCUT2D eigenvalue weighted by molar-refractivity contribution is 5.87. The minimum atomic E-state index is -4.96. The van der Waals surface area contributed by atoms with Crippen LogP contribution in [0.2, 0.25) is 0 Å². The maximum atomic E-state index is 13.5. The molecule has 0 bridgehead atoms. The van der Waals surface area contributed by atoms with Gasteiger partial charge in [-0.05, 0) is 62.9 Å². The number of carbonyl (C=O) groups excluding carboxylic acids is 1. The third-order valence-corrected chi connectivity index (χ3v) is 7.24. The van der Waals surface area contributed by atoms with E-state index in [0.717, 1.165) is 12.8 Å². The van der Waals surface area contributed by atoms with Gasteiger partial charge in [-0.25, -0.2) is 0 Å². The van der Waals surface area contributed by atoms with Crippen molar-refractivity contribution in [3.05, 3.63) is 47.0 Å². The van der Waals surface area contributed by atoms with E-state index in [1.807, 2.05) is 7.05 Å². The summed E-state index contributed by atoms with van der Waals surface area (Å²) < 4.78 is 84.7. The third kappa shape index (κ3) is 5.51. The van der Waals surface area contributed by atoms with Gasteiger partial charge in [-0.15, -0.1) is 10.2 Å². The standard InChI is InChI=1S/C23H27F6N5O2/c1-34(17-3-6-36-7-4-17)18-2-5-21(11-18,19-31-13-32-33-19)20(35)30-12-14-8-15(22(24,25)26)10-16(9-14)23(27,28)29/h8-10,13,17-18H,2-7,11-12H2,1H3,(H,30,35)(H,31,32,33)/t18-,21+/m1/s1. The van der Waals surface area contributed by atoms with E-state index in [1.54, 1.807) is 0 Å². The molecule has 2 heterocycles. The van der Waals surface area contributed by atoms with Crippen LogP contribution < -0.4 is 5.32 Å². The fourth-order valence-electron chi connectivity index (χ4n) is 5.20. The number of halogens is 6. The number of benzene rings is 1. The maximum absolute atomic E-state index is 13.5. The fraction of sp³-hybridized carbons (Fsp3) is 0.609. The summed E-state index contributed by atoms with van der Waals surface area (Å²) in [7, 11) is 2.00. The van der Waals surface area contributed by atoms with E-state index >= 15 is 0 Å². The van der Waals surface area contributed by atoms with Crippen molar-refractivity contribution in [2.45, 2.75) is 68.5 Å². The van der Waals surface area contributed by atoms with Crippen LogP contribution in [-0.2, 0) is 33.8 Å². The molecule has 2 atom stereocenters. The van der Waals surface area contributed by atoms with E-state index in [4.69, 9.17) is 4.74 Å². The monoisotopic (exact) mass is 519 g/mol. The van der Waals surface area contributed by atoms with Crippen LogP contribution in [0.3, 0.4) is 0 Å². The molecule has 0 spiro atoms. The van der Waals surface area contributed by atoms with Gasteiger partial charge in [0.05, 0.1) is 11.1 Å². The number of carbonyl (C=O) groups is 1. The van der Waals surface area contributed by atoms with E-state index in [0.29, 0.717) is 56.5 Å². The molecule has 1 amide bonds. The Balaban J connectivity index is 1.54. The van der Waals surface area contributed by atoms with Crippen molar-refractivity contribution in [2.24, 2.45) is 0 Å². The minimum absolute atomic E-state index is 0.0364. The molecule has 2 aliphatic rings. The van der Waals surface area contributed by atoms with Crippen molar-refractivity contribution in [1.82, 2.24) is 25.4 Å². The second kappa shape index (κ2) is 10.0. The molecule has 1 aliphatic carbocycles. The molecule has 2 N–H and O–H groups in total. The number of rotatable bonds is 6. The molecule has 36 heavy (non-hydrogen) atoms. The molecule has 1 aromatic carbocycles. The van der Waals surface area contributed by atoms with E-state index < -0.39 is 41.3 Å². The van der Waals surface area contributed by atoms with Crippen LogP contribution in [-0.4, -0.2) is 58.3 Å². The summed E-state index contributed by atoms with van der Waals surface area (Å²) in [5, 5.41) is 10.4. The first kappa shape index (κ1) is 26.4. The third-order valence-electron chi connectivity index (χ3n) is 7.24. The molecular weight excluding hydrogens is 492 g/mol. The number of ether oxygens (including phenoxy) is 1. The number of nitrogens with one attached hydrogen (secondary N) is 2. The number of aromatic nitrogens is 3. The van der Waals surface area contributed by atoms with E-state index in [-0.39, 0.29) is 17.7 Å². The van der Waals surface area contributed by atoms with Gasteiger partial charge in [0.2, 0.25) is 5.91 Å². The van der Waals surface area contributed by atoms with Crippen molar-refractivity contribution in [3.8, 4) is 0 Å². The van der Waals surface area contributed by atoms with Crippen molar-refractivity contribution in [2.75, 3.05) is 20.3 Å². The quantitative estimate of drug-likeness (QED) is 0.563. The number of nitrogens with zero attached hydrogens (tertiary/aromatic N) is 3. The number of hydrogen-bond acceptors (Lipinski definition) is 5. The molecular formula is C23H27F6N5O2. The van der Waals surface area contributed by atoms with Crippen LogP contribution in [0.15, 0.2) is 24.5 Å². The van der Waals surface area contributed by atoms with Gasteiger partial charge in [-0.2, -0.15) is 26.3 Å². The molecule has 198 valence electrons. The fourth-order valence-corrected chi connectivity index (χ4v) is 5.20. The van der Waals surface area contributed by atoms with Gasteiger partial charge in [-0.1, -0.05) is 0 Å². The number of H-pyrrole nitrogens is 1. The van der Waals surface area contributed by atoms with Crippen molar-refractivity contribution in [3.63, 3.8) is 0 Å². The minimum Gasteiger partial charge on any atom is -0.381 e. The smallest absolute Gasteiger partial charge is 0.381 e. The van der Waals surface area contributed by atoms with E-state index in [9.17, 15) is 31.1 Å². The van der Waals surface area contributed by atoms with Crippen molar-refractivity contribution < 1.29 is 35.9 Å². The number of aromatic amines is 1. The molecule has 2 fully saturated rings. The second-order valence-corrected chi connectivity index (χ2v) is 9.42. The average Bonchev–Trinajstić information content (AvgIpc) is 3.52. The Bertz CT molecular complexity index is 1020. The number of hydrogen-bond donors (Lipinski definition) is 2. The lowest BCUT2D eigenvalue weighted by molar-refractivity contribution is -0.143. The average molecular weight is 519 g/mol. The first-order chi connectivity index (χ1) is 16.9. The SMILES string of the molecule is CN(C1CCOCC1)[C@@H]1CC[C@@](C(=O)NCc2cc(C(F)(F)F)cc(C(F)(F)F)c2)(c2nnc[nH]2)C1. The molecule has 13 heteroatoms. The summed E-state index contributed by atoms with van der Waals surface area (Å²) in [5.74, 6) is -0.198. The topological polar surface area (TPSA) is 83.1 Å². The highest BCUT2D eigenvalue weighted by Gasteiger charge is 2.50. The predicted molar refractivity (Wildman–Crippen MR) is 116 cm³/mol. The molecule has 7 nitrogen and oxygen atoms in total. The Hall–Kier alpha value is -2.67. The predicted octanol–water partition coefficient (Wildman–Crippen LogP) is 4.06. The highest BCUT2D eigenvalue weighted by Crippen LogP contribution is 2.43. The summed E-state index contributed by atoms with van der Waals surface area (Å²) in [5.41, 5.74) is -4.28. The summed E-state index contributed by atoms with van der Waals surface area (Å²) in [6.45, 7) is 0.820. The van der Waals surface area contributed by atoms with E-state index in [1.165, 1.54) is 6.33 Å². The van der Waals surface area contributed by atoms with Gasteiger partial charge in [0.15, 0.2) is 0 Å². The summed E-state index contributed by atoms with van der Waals surface area (Å²) in [6.07, 6.45) is -5.40.